The molecular weight excluding hydrogens is 363 g/mol. The Bertz CT molecular complexity index is 747. The molecule has 0 atom stereocenters. The van der Waals surface area contributed by atoms with E-state index in [-0.39, 0.29) is 5.75 Å². The fourth-order valence-corrected chi connectivity index (χ4v) is 2.45. The number of H-pyrrole nitrogens is 1. The lowest BCUT2D eigenvalue weighted by molar-refractivity contribution is 0.477. The number of nitrogens with zero attached hydrogens (tertiary/aromatic N) is 1. The van der Waals surface area contributed by atoms with E-state index in [4.69, 9.17) is 0 Å². The van der Waals surface area contributed by atoms with Crippen LogP contribution in [-0.2, 0) is 0 Å². The number of hydrogen-bond acceptors (Lipinski definition) is 2. The number of aromatic amines is 1. The second-order valence-electron chi connectivity index (χ2n) is 4.69. The second kappa shape index (κ2) is 5.28. The van der Waals surface area contributed by atoms with Gasteiger partial charge in [-0.05, 0) is 59.8 Å². The fourth-order valence-electron chi connectivity index (χ4n) is 2.09. The van der Waals surface area contributed by atoms with Crippen LogP contribution in [0.5, 0.6) is 5.75 Å². The van der Waals surface area contributed by atoms with Gasteiger partial charge in [-0.15, -0.1) is 0 Å². The molecule has 1 aromatic heterocycles. The summed E-state index contributed by atoms with van der Waals surface area (Å²) in [5.74, 6) is 0.258. The predicted octanol–water partition coefficient (Wildman–Crippen LogP) is 4.36. The molecule has 1 heterocycles. The van der Waals surface area contributed by atoms with Crippen molar-refractivity contribution in [3.05, 3.63) is 57.7 Å². The SMILES string of the molecule is Cc1ccc(O)c(-c2cc(-c3ccc(I)cc3)n[nH]2)c1. The molecule has 0 fully saturated rings. The predicted molar refractivity (Wildman–Crippen MR) is 88.6 cm³/mol. The number of aryl methyl sites for hydroxylation is 1. The van der Waals surface area contributed by atoms with Crippen LogP contribution in [0.3, 0.4) is 0 Å². The molecule has 3 rings (SSSR count). The van der Waals surface area contributed by atoms with Crippen LogP contribution in [0.15, 0.2) is 48.5 Å². The number of aromatic hydroxyl groups is 1. The van der Waals surface area contributed by atoms with Crippen molar-refractivity contribution in [2.75, 3.05) is 0 Å². The largest absolute Gasteiger partial charge is 0.507 e. The smallest absolute Gasteiger partial charge is 0.124 e. The van der Waals surface area contributed by atoms with Crippen LogP contribution in [-0.4, -0.2) is 15.3 Å². The minimum Gasteiger partial charge on any atom is -0.507 e. The van der Waals surface area contributed by atoms with Crippen molar-refractivity contribution >= 4 is 22.6 Å². The summed E-state index contributed by atoms with van der Waals surface area (Å²) >= 11 is 2.28. The molecule has 20 heavy (non-hydrogen) atoms. The van der Waals surface area contributed by atoms with Gasteiger partial charge in [0.05, 0.1) is 11.4 Å². The number of phenols is 1. The van der Waals surface area contributed by atoms with E-state index in [1.54, 1.807) is 6.07 Å². The fraction of sp³-hybridized carbons (Fsp3) is 0.0625. The van der Waals surface area contributed by atoms with Crippen LogP contribution >= 0.6 is 22.6 Å². The molecule has 4 heteroatoms. The van der Waals surface area contributed by atoms with E-state index in [0.717, 1.165) is 28.1 Å². The van der Waals surface area contributed by atoms with Gasteiger partial charge in [0.1, 0.15) is 5.75 Å². The number of phenolic OH excluding ortho intramolecular Hbond substituents is 1. The maximum absolute atomic E-state index is 9.96. The Kier molecular flexibility index (Phi) is 3.48. The van der Waals surface area contributed by atoms with Crippen LogP contribution in [0.4, 0.5) is 0 Å². The molecule has 0 saturated heterocycles. The number of aromatic nitrogens is 2. The summed E-state index contributed by atoms with van der Waals surface area (Å²) in [5.41, 5.74) is 4.62. The highest BCUT2D eigenvalue weighted by molar-refractivity contribution is 14.1. The van der Waals surface area contributed by atoms with Gasteiger partial charge < -0.3 is 5.11 Å². The average molecular weight is 376 g/mol. The first kappa shape index (κ1) is 13.2. The molecule has 100 valence electrons. The highest BCUT2D eigenvalue weighted by atomic mass is 127. The Hall–Kier alpha value is -1.82. The van der Waals surface area contributed by atoms with Crippen LogP contribution in [0.25, 0.3) is 22.5 Å². The number of halogens is 1. The van der Waals surface area contributed by atoms with E-state index in [0.29, 0.717) is 0 Å². The van der Waals surface area contributed by atoms with Gasteiger partial charge in [-0.3, -0.25) is 5.10 Å². The zero-order chi connectivity index (χ0) is 14.1. The molecule has 0 aliphatic rings. The first-order valence-electron chi connectivity index (χ1n) is 6.25. The standard InChI is InChI=1S/C16H13IN2O/c1-10-2-7-16(20)13(8-10)15-9-14(18-19-15)11-3-5-12(17)6-4-11/h2-9,20H,1H3,(H,18,19). The summed E-state index contributed by atoms with van der Waals surface area (Å²) in [6.45, 7) is 2.00. The molecule has 0 aliphatic heterocycles. The van der Waals surface area contributed by atoms with E-state index in [9.17, 15) is 5.11 Å². The Morgan fingerprint density at radius 2 is 1.80 bits per heavy atom. The van der Waals surface area contributed by atoms with E-state index in [2.05, 4.69) is 32.8 Å². The van der Waals surface area contributed by atoms with E-state index in [1.807, 2.05) is 49.4 Å². The van der Waals surface area contributed by atoms with Gasteiger partial charge in [-0.2, -0.15) is 5.10 Å². The minimum atomic E-state index is 0.258. The van der Waals surface area contributed by atoms with Crippen molar-refractivity contribution in [2.24, 2.45) is 0 Å². The van der Waals surface area contributed by atoms with Crippen molar-refractivity contribution in [2.45, 2.75) is 6.92 Å². The Morgan fingerprint density at radius 3 is 2.55 bits per heavy atom. The van der Waals surface area contributed by atoms with Crippen molar-refractivity contribution in [3.63, 3.8) is 0 Å². The van der Waals surface area contributed by atoms with E-state index >= 15 is 0 Å². The molecule has 2 N–H and O–H groups in total. The van der Waals surface area contributed by atoms with Gasteiger partial charge in [-0.1, -0.05) is 23.8 Å². The molecule has 0 bridgehead atoms. The molecule has 0 radical (unpaired) electrons. The highest BCUT2D eigenvalue weighted by Gasteiger charge is 2.09. The monoisotopic (exact) mass is 376 g/mol. The first-order chi connectivity index (χ1) is 9.63. The molecule has 3 nitrogen and oxygen atoms in total. The molecule has 0 amide bonds. The van der Waals surface area contributed by atoms with Gasteiger partial charge in [-0.25, -0.2) is 0 Å². The normalized spacial score (nSPS) is 10.7. The van der Waals surface area contributed by atoms with Crippen molar-refractivity contribution < 1.29 is 5.11 Å². The topological polar surface area (TPSA) is 48.9 Å². The number of hydrogen-bond donors (Lipinski definition) is 2. The third-order valence-corrected chi connectivity index (χ3v) is 3.88. The van der Waals surface area contributed by atoms with Gasteiger partial charge in [0.15, 0.2) is 0 Å². The number of nitrogens with one attached hydrogen (secondary N) is 1. The molecule has 0 aliphatic carbocycles. The van der Waals surface area contributed by atoms with Crippen LogP contribution in [0, 0.1) is 10.5 Å². The zero-order valence-corrected chi connectivity index (χ0v) is 13.0. The van der Waals surface area contributed by atoms with Gasteiger partial charge in [0.25, 0.3) is 0 Å². The van der Waals surface area contributed by atoms with E-state index < -0.39 is 0 Å². The minimum absolute atomic E-state index is 0.258. The lowest BCUT2D eigenvalue weighted by Gasteiger charge is -2.02. The zero-order valence-electron chi connectivity index (χ0n) is 10.9. The van der Waals surface area contributed by atoms with E-state index in [1.165, 1.54) is 3.57 Å². The molecule has 0 unspecified atom stereocenters. The Morgan fingerprint density at radius 1 is 1.05 bits per heavy atom. The molecule has 2 aromatic carbocycles. The second-order valence-corrected chi connectivity index (χ2v) is 5.94. The lowest BCUT2D eigenvalue weighted by Crippen LogP contribution is -1.81. The van der Waals surface area contributed by atoms with Crippen molar-refractivity contribution in [1.82, 2.24) is 10.2 Å². The molecular formula is C16H13IN2O. The maximum Gasteiger partial charge on any atom is 0.124 e. The van der Waals surface area contributed by atoms with Crippen molar-refractivity contribution in [1.29, 1.82) is 0 Å². The third-order valence-electron chi connectivity index (χ3n) is 3.16. The van der Waals surface area contributed by atoms with Gasteiger partial charge in [0.2, 0.25) is 0 Å². The summed E-state index contributed by atoms with van der Waals surface area (Å²) in [6.07, 6.45) is 0. The maximum atomic E-state index is 9.96. The summed E-state index contributed by atoms with van der Waals surface area (Å²) in [5, 5.41) is 17.3. The van der Waals surface area contributed by atoms with Crippen LogP contribution in [0.1, 0.15) is 5.56 Å². The summed E-state index contributed by atoms with van der Waals surface area (Å²) in [6, 6.07) is 15.7. The number of rotatable bonds is 2. The highest BCUT2D eigenvalue weighted by Crippen LogP contribution is 2.31. The quantitative estimate of drug-likeness (QED) is 0.653. The summed E-state index contributed by atoms with van der Waals surface area (Å²) < 4.78 is 1.19. The van der Waals surface area contributed by atoms with Crippen LogP contribution < -0.4 is 0 Å². The average Bonchev–Trinajstić information content (AvgIpc) is 2.92. The molecule has 3 aromatic rings. The Balaban J connectivity index is 2.01. The first-order valence-corrected chi connectivity index (χ1v) is 7.33. The summed E-state index contributed by atoms with van der Waals surface area (Å²) in [4.78, 5) is 0. The Labute approximate surface area is 130 Å². The lowest BCUT2D eigenvalue weighted by atomic mass is 10.1. The summed E-state index contributed by atoms with van der Waals surface area (Å²) in [7, 11) is 0. The van der Waals surface area contributed by atoms with Gasteiger partial charge >= 0.3 is 0 Å². The van der Waals surface area contributed by atoms with Crippen molar-refractivity contribution in [3.8, 4) is 28.3 Å². The molecule has 0 saturated carbocycles. The molecule has 0 spiro atoms. The number of benzene rings is 2. The van der Waals surface area contributed by atoms with Gasteiger partial charge in [0, 0.05) is 14.7 Å². The third kappa shape index (κ3) is 2.56. The van der Waals surface area contributed by atoms with Crippen LogP contribution in [0.2, 0.25) is 0 Å².